The van der Waals surface area contributed by atoms with Crippen LogP contribution in [0.3, 0.4) is 0 Å². The highest BCUT2D eigenvalue weighted by Gasteiger charge is 2.42. The lowest BCUT2D eigenvalue weighted by atomic mass is 9.72. The van der Waals surface area contributed by atoms with E-state index in [1.165, 1.54) is 11.8 Å². The Morgan fingerprint density at radius 2 is 2.00 bits per heavy atom. The normalized spacial score (nSPS) is 21.8. The minimum atomic E-state index is -0.337. The van der Waals surface area contributed by atoms with Crippen molar-refractivity contribution in [2.75, 3.05) is 11.1 Å². The number of hydrogen-bond donors (Lipinski definition) is 2. The van der Waals surface area contributed by atoms with Gasteiger partial charge in [-0.05, 0) is 17.7 Å². The highest BCUT2D eigenvalue weighted by Crippen LogP contribution is 2.44. The third-order valence-corrected chi connectivity index (χ3v) is 5.47. The molecule has 1 aliphatic carbocycles. The topological polar surface area (TPSA) is 74.8 Å². The van der Waals surface area contributed by atoms with Crippen molar-refractivity contribution in [1.82, 2.24) is 9.97 Å². The zero-order valence-electron chi connectivity index (χ0n) is 13.9. The predicted octanol–water partition coefficient (Wildman–Crippen LogP) is 3.30. The maximum atomic E-state index is 12.8. The Hall–Kier alpha value is -2.34. The fourth-order valence-corrected chi connectivity index (χ4v) is 4.29. The van der Waals surface area contributed by atoms with Crippen LogP contribution in [0.1, 0.15) is 36.8 Å². The molecule has 2 N–H and O–H groups in total. The van der Waals surface area contributed by atoms with Crippen LogP contribution < -0.4 is 10.9 Å². The molecule has 2 aromatic rings. The fourth-order valence-electron chi connectivity index (χ4n) is 3.69. The smallest absolute Gasteiger partial charge is 0.257 e. The first kappa shape index (κ1) is 16.1. The molecule has 0 fully saturated rings. The number of Topliss-reactive ketones (excluding diaryl/α,β-unsaturated/α-hetero) is 1. The quantitative estimate of drug-likeness (QED) is 0.654. The average Bonchev–Trinajstić information content (AvgIpc) is 2.61. The first-order valence-corrected chi connectivity index (χ1v) is 9.49. The highest BCUT2D eigenvalue weighted by atomic mass is 32.2. The first-order valence-electron chi connectivity index (χ1n) is 8.50. The number of rotatable bonds is 3. The summed E-state index contributed by atoms with van der Waals surface area (Å²) < 4.78 is 0. The van der Waals surface area contributed by atoms with Crippen molar-refractivity contribution in [3.63, 3.8) is 0 Å². The molecule has 6 heteroatoms. The number of aromatic amines is 1. The molecule has 0 amide bonds. The summed E-state index contributed by atoms with van der Waals surface area (Å²) >= 11 is 1.50. The number of hydrogen-bond acceptors (Lipinski definition) is 5. The Balaban J connectivity index is 1.94. The van der Waals surface area contributed by atoms with Gasteiger partial charge in [-0.15, -0.1) is 0 Å². The number of benzene rings is 1. The summed E-state index contributed by atoms with van der Waals surface area (Å²) in [6, 6.07) is 9.78. The van der Waals surface area contributed by atoms with Crippen LogP contribution in [0, 0.1) is 5.92 Å². The molecule has 1 aliphatic heterocycles. The molecule has 0 bridgehead atoms. The number of carbonyl (C=O) groups excluding carboxylic acids is 1. The van der Waals surface area contributed by atoms with Crippen molar-refractivity contribution in [3.8, 4) is 0 Å². The summed E-state index contributed by atoms with van der Waals surface area (Å²) in [7, 11) is 0. The molecule has 0 unspecified atom stereocenters. The Bertz CT molecular complexity index is 905. The average molecular weight is 353 g/mol. The number of allylic oxidation sites excluding steroid dienone is 2. The minimum Gasteiger partial charge on any atom is -0.343 e. The number of nitrogens with zero attached hydrogens (tertiary/aromatic N) is 1. The van der Waals surface area contributed by atoms with Crippen LogP contribution in [0.5, 0.6) is 0 Å². The van der Waals surface area contributed by atoms with E-state index < -0.39 is 0 Å². The van der Waals surface area contributed by atoms with Crippen molar-refractivity contribution in [2.45, 2.75) is 30.8 Å². The van der Waals surface area contributed by atoms with Crippen molar-refractivity contribution in [2.24, 2.45) is 5.92 Å². The van der Waals surface area contributed by atoms with Gasteiger partial charge in [-0.1, -0.05) is 55.1 Å². The summed E-state index contributed by atoms with van der Waals surface area (Å²) in [6.07, 6.45) is 3.32. The number of nitrogens with one attached hydrogen (secondary N) is 2. The van der Waals surface area contributed by atoms with E-state index >= 15 is 0 Å². The standard InChI is InChI=1S/C19H19N3O2S/c1-2-25-19-21-17-16(18(24)22-19)14(11-7-4-3-5-8-11)15-12(20-17)9-6-10-13(15)23/h3-5,7-9,14-15H,2,6,10H2,1H3,(H2,20,21,22,24)/t14-,15-/m0/s1. The predicted molar refractivity (Wildman–Crippen MR) is 99.0 cm³/mol. The van der Waals surface area contributed by atoms with E-state index in [1.807, 2.05) is 37.3 Å². The minimum absolute atomic E-state index is 0.167. The highest BCUT2D eigenvalue weighted by molar-refractivity contribution is 7.99. The molecule has 0 saturated heterocycles. The number of carbonyl (C=O) groups is 1. The molecule has 4 rings (SSSR count). The molecule has 1 aromatic carbocycles. The summed E-state index contributed by atoms with van der Waals surface area (Å²) in [5.41, 5.74) is 2.24. The van der Waals surface area contributed by atoms with E-state index in [2.05, 4.69) is 21.4 Å². The van der Waals surface area contributed by atoms with Gasteiger partial charge in [-0.25, -0.2) is 4.98 Å². The monoisotopic (exact) mass is 353 g/mol. The van der Waals surface area contributed by atoms with Gasteiger partial charge < -0.3 is 10.3 Å². The largest absolute Gasteiger partial charge is 0.343 e. The van der Waals surface area contributed by atoms with Crippen molar-refractivity contribution >= 4 is 23.4 Å². The van der Waals surface area contributed by atoms with Crippen molar-refractivity contribution in [1.29, 1.82) is 0 Å². The summed E-state index contributed by atoms with van der Waals surface area (Å²) in [5.74, 6) is 0.944. The maximum Gasteiger partial charge on any atom is 0.257 e. The summed E-state index contributed by atoms with van der Waals surface area (Å²) in [5, 5.41) is 3.87. The van der Waals surface area contributed by atoms with Crippen LogP contribution in [0.4, 0.5) is 5.82 Å². The lowest BCUT2D eigenvalue weighted by molar-refractivity contribution is -0.122. The molecule has 0 radical (unpaired) electrons. The third-order valence-electron chi connectivity index (χ3n) is 4.72. The van der Waals surface area contributed by atoms with Crippen LogP contribution in [0.2, 0.25) is 0 Å². The van der Waals surface area contributed by atoms with E-state index in [-0.39, 0.29) is 23.2 Å². The summed E-state index contributed by atoms with van der Waals surface area (Å²) in [6.45, 7) is 2.02. The van der Waals surface area contributed by atoms with Gasteiger partial charge in [0.05, 0.1) is 11.5 Å². The van der Waals surface area contributed by atoms with E-state index in [1.54, 1.807) is 0 Å². The Morgan fingerprint density at radius 1 is 1.20 bits per heavy atom. The fraction of sp³-hybridized carbons (Fsp3) is 0.316. The molecule has 0 spiro atoms. The second-order valence-electron chi connectivity index (χ2n) is 6.22. The zero-order chi connectivity index (χ0) is 17.4. The number of thioether (sulfide) groups is 1. The van der Waals surface area contributed by atoms with Gasteiger partial charge in [0.15, 0.2) is 5.16 Å². The zero-order valence-corrected chi connectivity index (χ0v) is 14.7. The number of fused-ring (bicyclic) bond motifs is 2. The molecule has 2 heterocycles. The van der Waals surface area contributed by atoms with Gasteiger partial charge in [-0.3, -0.25) is 9.59 Å². The number of H-pyrrole nitrogens is 1. The van der Waals surface area contributed by atoms with Gasteiger partial charge >= 0.3 is 0 Å². The van der Waals surface area contributed by atoms with Crippen LogP contribution in [-0.4, -0.2) is 21.5 Å². The van der Waals surface area contributed by atoms with Gasteiger partial charge in [0, 0.05) is 18.0 Å². The SMILES string of the molecule is CCSc1nc2c(c(=O)[nH]1)[C@@H](c1ccccc1)[C@@H]1C(=O)CCC=C1N2. The van der Waals surface area contributed by atoms with Crippen molar-refractivity contribution < 1.29 is 4.79 Å². The summed E-state index contributed by atoms with van der Waals surface area (Å²) in [4.78, 5) is 33.0. The van der Waals surface area contributed by atoms with E-state index in [0.29, 0.717) is 23.0 Å². The number of anilines is 1. The third kappa shape index (κ3) is 2.80. The molecule has 25 heavy (non-hydrogen) atoms. The number of aromatic nitrogens is 2. The molecule has 2 aliphatic rings. The van der Waals surface area contributed by atoms with E-state index in [4.69, 9.17) is 0 Å². The van der Waals surface area contributed by atoms with Crippen molar-refractivity contribution in [3.05, 3.63) is 63.6 Å². The second-order valence-corrected chi connectivity index (χ2v) is 7.47. The molecule has 128 valence electrons. The maximum absolute atomic E-state index is 12.8. The Labute approximate surface area is 150 Å². The second kappa shape index (κ2) is 6.52. The molecule has 5 nitrogen and oxygen atoms in total. The Morgan fingerprint density at radius 3 is 2.76 bits per heavy atom. The lowest BCUT2D eigenvalue weighted by Gasteiger charge is -2.36. The number of ketones is 1. The molecule has 0 saturated carbocycles. The van der Waals surface area contributed by atoms with Gasteiger partial charge in [0.2, 0.25) is 0 Å². The molecular formula is C19H19N3O2S. The molecule has 2 atom stereocenters. The van der Waals surface area contributed by atoms with Gasteiger partial charge in [-0.2, -0.15) is 0 Å². The Kier molecular flexibility index (Phi) is 4.21. The van der Waals surface area contributed by atoms with Crippen LogP contribution in [0.25, 0.3) is 0 Å². The van der Waals surface area contributed by atoms with E-state index in [9.17, 15) is 9.59 Å². The van der Waals surface area contributed by atoms with Crippen LogP contribution >= 0.6 is 11.8 Å². The van der Waals surface area contributed by atoms with Crippen LogP contribution in [0.15, 0.2) is 52.1 Å². The van der Waals surface area contributed by atoms with Gasteiger partial charge in [0.1, 0.15) is 11.6 Å². The van der Waals surface area contributed by atoms with Crippen LogP contribution in [-0.2, 0) is 4.79 Å². The van der Waals surface area contributed by atoms with Gasteiger partial charge in [0.25, 0.3) is 5.56 Å². The molecular weight excluding hydrogens is 334 g/mol. The van der Waals surface area contributed by atoms with E-state index in [0.717, 1.165) is 23.4 Å². The first-order chi connectivity index (χ1) is 12.2. The molecule has 1 aromatic heterocycles. The lowest BCUT2D eigenvalue weighted by Crippen LogP contribution is -2.38.